The number of aliphatic hydroxyl groups is 5. The van der Waals surface area contributed by atoms with Gasteiger partial charge >= 0.3 is 5.97 Å². The molecule has 8 atom stereocenters. The van der Waals surface area contributed by atoms with Crippen molar-refractivity contribution in [1.29, 1.82) is 0 Å². The lowest BCUT2D eigenvalue weighted by Crippen LogP contribution is -2.61. The van der Waals surface area contributed by atoms with Crippen LogP contribution in [0, 0.1) is 0 Å². The summed E-state index contributed by atoms with van der Waals surface area (Å²) in [7, 11) is 0. The number of hydrogen-bond acceptors (Lipinski definition) is 10. The fourth-order valence-electron chi connectivity index (χ4n) is 9.41. The predicted octanol–water partition coefficient (Wildman–Crippen LogP) is 15.5. The van der Waals surface area contributed by atoms with E-state index in [1.807, 2.05) is 6.08 Å². The number of esters is 1. The maximum Gasteiger partial charge on any atom is 0.306 e. The summed E-state index contributed by atoms with van der Waals surface area (Å²) in [4.78, 5) is 26.5. The summed E-state index contributed by atoms with van der Waals surface area (Å²) >= 11 is 0. The second kappa shape index (κ2) is 55.1. The molecule has 6 N–H and O–H groups in total. The van der Waals surface area contributed by atoms with Crippen LogP contribution in [0.3, 0.4) is 0 Å². The molecule has 0 radical (unpaired) electrons. The Bertz CT molecular complexity index is 1650. The lowest BCUT2D eigenvalue weighted by atomic mass is 9.99. The molecule has 79 heavy (non-hydrogen) atoms. The normalized spacial score (nSPS) is 19.5. The molecule has 8 unspecified atom stereocenters. The van der Waals surface area contributed by atoms with Gasteiger partial charge < -0.3 is 45.1 Å². The zero-order chi connectivity index (χ0) is 57.5. The maximum absolute atomic E-state index is 13.4. The third-order valence-electron chi connectivity index (χ3n) is 14.5. The first-order chi connectivity index (χ1) is 38.7. The maximum atomic E-state index is 13.4. The number of nitrogens with one attached hydrogen (secondary N) is 1. The van der Waals surface area contributed by atoms with E-state index in [0.717, 1.165) is 116 Å². The average molecular weight is 1110 g/mol. The van der Waals surface area contributed by atoms with E-state index >= 15 is 0 Å². The molecule has 0 saturated carbocycles. The van der Waals surface area contributed by atoms with E-state index in [1.165, 1.54) is 96.3 Å². The summed E-state index contributed by atoms with van der Waals surface area (Å²) in [6.45, 7) is 5.64. The van der Waals surface area contributed by atoms with Crippen LogP contribution < -0.4 is 5.32 Å². The van der Waals surface area contributed by atoms with Gasteiger partial charge in [0.2, 0.25) is 5.91 Å². The van der Waals surface area contributed by atoms with Crippen LogP contribution in [0.1, 0.15) is 258 Å². The Hall–Kier alpha value is -3.42. The van der Waals surface area contributed by atoms with Gasteiger partial charge in [0.15, 0.2) is 12.4 Å². The number of hydrogen-bond donors (Lipinski definition) is 6. The van der Waals surface area contributed by atoms with Crippen molar-refractivity contribution in [3.63, 3.8) is 0 Å². The van der Waals surface area contributed by atoms with Crippen LogP contribution in [-0.4, -0.2) is 99.6 Å². The first-order valence-electron chi connectivity index (χ1n) is 32.0. The largest absolute Gasteiger partial charge is 0.454 e. The van der Waals surface area contributed by atoms with Crippen LogP contribution in [0.4, 0.5) is 0 Å². The second-order valence-corrected chi connectivity index (χ2v) is 21.8. The minimum atomic E-state index is -1.63. The molecule has 1 saturated heterocycles. The van der Waals surface area contributed by atoms with Crippen molar-refractivity contribution < 1.29 is 49.3 Å². The smallest absolute Gasteiger partial charge is 0.306 e. The van der Waals surface area contributed by atoms with Crippen LogP contribution in [0.2, 0.25) is 0 Å². The molecular formula is C68H117NO10. The van der Waals surface area contributed by atoms with Gasteiger partial charge in [-0.2, -0.15) is 0 Å². The number of carbonyl (C=O) groups excluding carboxylic acids is 2. The first-order valence-corrected chi connectivity index (χ1v) is 32.0. The summed E-state index contributed by atoms with van der Waals surface area (Å²) in [5.41, 5.74) is 0. The van der Waals surface area contributed by atoms with Crippen LogP contribution in [0.15, 0.2) is 97.2 Å². The molecule has 1 heterocycles. The number of carbonyl (C=O) groups is 2. The van der Waals surface area contributed by atoms with Gasteiger partial charge in [0.25, 0.3) is 0 Å². The van der Waals surface area contributed by atoms with Gasteiger partial charge in [0, 0.05) is 6.42 Å². The molecule has 11 nitrogen and oxygen atoms in total. The highest BCUT2D eigenvalue weighted by molar-refractivity contribution is 5.80. The van der Waals surface area contributed by atoms with Crippen LogP contribution in [-0.2, 0) is 23.8 Å². The standard InChI is InChI=1S/C68H117NO10/c1-4-7-10-13-16-19-22-25-26-27-28-29-30-31-32-33-34-35-36-38-41-44-47-50-53-56-63(73)79-66-65(75)64(74)62(57-70)78-68(66)77-58-59(60(71)54-51-48-45-42-40-37-23-20-17-14-11-8-5-2)69-67(76)61(72)55-52-49-46-43-39-24-21-18-15-12-9-6-3/h7,10,16,19,25-26,28-29,31-32,34-35,39,43,51,54,59-62,64-66,68,70-72,74-75H,4-6,8-9,11-15,17-18,20-24,27,30,33,36-38,40-42,44-50,52-53,55-58H2,1-3H3,(H,69,76)/b10-7-,19-16-,26-25-,29-28-,32-31-,35-34-,43-39-,54-51+. The van der Waals surface area contributed by atoms with Gasteiger partial charge in [-0.05, 0) is 103 Å². The summed E-state index contributed by atoms with van der Waals surface area (Å²) < 4.78 is 17.6. The van der Waals surface area contributed by atoms with Crippen LogP contribution in [0.5, 0.6) is 0 Å². The Kier molecular flexibility index (Phi) is 51.4. The molecule has 1 fully saturated rings. The van der Waals surface area contributed by atoms with E-state index in [4.69, 9.17) is 14.2 Å². The summed E-state index contributed by atoms with van der Waals surface area (Å²) in [6.07, 6.45) is 63.0. The Morgan fingerprint density at radius 1 is 0.506 bits per heavy atom. The zero-order valence-corrected chi connectivity index (χ0v) is 50.2. The molecule has 0 aromatic rings. The fourth-order valence-corrected chi connectivity index (χ4v) is 9.41. The third kappa shape index (κ3) is 43.0. The predicted molar refractivity (Wildman–Crippen MR) is 329 cm³/mol. The number of aliphatic hydroxyl groups excluding tert-OH is 5. The third-order valence-corrected chi connectivity index (χ3v) is 14.5. The Labute approximate surface area is 482 Å². The molecule has 0 aromatic heterocycles. The van der Waals surface area contributed by atoms with E-state index < -0.39 is 67.4 Å². The Morgan fingerprint density at radius 3 is 1.38 bits per heavy atom. The molecule has 0 aromatic carbocycles. The van der Waals surface area contributed by atoms with Crippen molar-refractivity contribution in [2.75, 3.05) is 13.2 Å². The van der Waals surface area contributed by atoms with Gasteiger partial charge in [0.1, 0.15) is 24.4 Å². The molecule has 1 amide bonds. The fraction of sp³-hybridized carbons (Fsp3) is 0.735. The SMILES string of the molecule is CC/C=C\C/C=C\C/C=C\C/C=C\C/C=C\C/C=C\CCCCCCCCC(=O)OC1C(OCC(NC(=O)C(O)CCCC/C=C\CCCCCCCC)C(O)/C=C/CCCCCCCCCCCCC)OC(CO)C(O)C1O. The van der Waals surface area contributed by atoms with Crippen molar-refractivity contribution >= 4 is 11.9 Å². The highest BCUT2D eigenvalue weighted by atomic mass is 16.7. The lowest BCUT2D eigenvalue weighted by Gasteiger charge is -2.41. The minimum absolute atomic E-state index is 0.0999. The molecule has 0 spiro atoms. The molecule has 1 aliphatic rings. The molecule has 11 heteroatoms. The Balaban J connectivity index is 2.64. The highest BCUT2D eigenvalue weighted by Crippen LogP contribution is 2.26. The van der Waals surface area contributed by atoms with Gasteiger partial charge in [0.05, 0.1) is 25.4 Å². The average Bonchev–Trinajstić information content (AvgIpc) is 3.48. The topological polar surface area (TPSA) is 175 Å². The number of unbranched alkanes of at least 4 members (excludes halogenated alkanes) is 25. The van der Waals surface area contributed by atoms with E-state index in [-0.39, 0.29) is 19.4 Å². The van der Waals surface area contributed by atoms with E-state index in [2.05, 4.69) is 111 Å². The van der Waals surface area contributed by atoms with Crippen molar-refractivity contribution in [3.05, 3.63) is 97.2 Å². The number of allylic oxidation sites excluding steroid dienone is 15. The molecule has 454 valence electrons. The van der Waals surface area contributed by atoms with Crippen LogP contribution >= 0.6 is 0 Å². The lowest BCUT2D eigenvalue weighted by molar-refractivity contribution is -0.305. The zero-order valence-electron chi connectivity index (χ0n) is 50.2. The molecule has 1 rings (SSSR count). The number of amides is 1. The molecular weight excluding hydrogens is 991 g/mol. The quantitative estimate of drug-likeness (QED) is 0.0195. The van der Waals surface area contributed by atoms with Crippen molar-refractivity contribution in [3.8, 4) is 0 Å². The number of ether oxygens (including phenoxy) is 3. The minimum Gasteiger partial charge on any atom is -0.454 e. The van der Waals surface area contributed by atoms with Crippen molar-refractivity contribution in [2.24, 2.45) is 0 Å². The van der Waals surface area contributed by atoms with Gasteiger partial charge in [-0.25, -0.2) is 0 Å². The van der Waals surface area contributed by atoms with Crippen molar-refractivity contribution in [2.45, 2.75) is 307 Å². The Morgan fingerprint density at radius 2 is 0.911 bits per heavy atom. The van der Waals surface area contributed by atoms with E-state index in [0.29, 0.717) is 12.8 Å². The van der Waals surface area contributed by atoms with Crippen LogP contribution in [0.25, 0.3) is 0 Å². The monoisotopic (exact) mass is 1110 g/mol. The number of rotatable bonds is 53. The summed E-state index contributed by atoms with van der Waals surface area (Å²) in [5, 5.41) is 57.0. The molecule has 0 bridgehead atoms. The summed E-state index contributed by atoms with van der Waals surface area (Å²) in [6, 6.07) is -1.04. The first kappa shape index (κ1) is 73.6. The highest BCUT2D eigenvalue weighted by Gasteiger charge is 2.47. The van der Waals surface area contributed by atoms with Crippen molar-refractivity contribution in [1.82, 2.24) is 5.32 Å². The molecule has 1 aliphatic heterocycles. The molecule has 0 aliphatic carbocycles. The second-order valence-electron chi connectivity index (χ2n) is 21.8. The summed E-state index contributed by atoms with van der Waals surface area (Å²) in [5.74, 6) is -1.23. The van der Waals surface area contributed by atoms with Gasteiger partial charge in [-0.15, -0.1) is 0 Å². The van der Waals surface area contributed by atoms with Gasteiger partial charge in [-0.1, -0.05) is 246 Å². The van der Waals surface area contributed by atoms with E-state index in [1.54, 1.807) is 6.08 Å². The van der Waals surface area contributed by atoms with E-state index in [9.17, 15) is 35.1 Å². The van der Waals surface area contributed by atoms with Gasteiger partial charge in [-0.3, -0.25) is 9.59 Å².